The molecule has 1 atom stereocenters. The van der Waals surface area contributed by atoms with Crippen molar-refractivity contribution in [1.29, 1.82) is 0 Å². The molecule has 0 saturated carbocycles. The van der Waals surface area contributed by atoms with Gasteiger partial charge in [0.1, 0.15) is 5.75 Å². The number of amides is 1. The first-order valence-corrected chi connectivity index (χ1v) is 7.16. The number of carbonyl (C=O) groups excluding carboxylic acids is 1. The van der Waals surface area contributed by atoms with Crippen LogP contribution in [0.15, 0.2) is 36.4 Å². The van der Waals surface area contributed by atoms with E-state index in [0.29, 0.717) is 0 Å². The van der Waals surface area contributed by atoms with Crippen LogP contribution in [0.4, 0.5) is 18.9 Å². The molecule has 1 heterocycles. The van der Waals surface area contributed by atoms with Gasteiger partial charge in [0.25, 0.3) is 5.91 Å². The first-order valence-electron chi connectivity index (χ1n) is 6.78. The van der Waals surface area contributed by atoms with Gasteiger partial charge in [-0.05, 0) is 24.3 Å². The molecule has 4 nitrogen and oxygen atoms in total. The first-order chi connectivity index (χ1) is 11.2. The molecular formula is C16H11ClF3NO3. The van der Waals surface area contributed by atoms with Gasteiger partial charge in [0.2, 0.25) is 0 Å². The van der Waals surface area contributed by atoms with E-state index in [1.165, 1.54) is 31.4 Å². The van der Waals surface area contributed by atoms with Crippen molar-refractivity contribution in [2.45, 2.75) is 11.8 Å². The lowest BCUT2D eigenvalue weighted by Crippen LogP contribution is -2.35. The number of para-hydroxylation sites is 1. The van der Waals surface area contributed by atoms with Crippen molar-refractivity contribution in [3.05, 3.63) is 58.1 Å². The van der Waals surface area contributed by atoms with Gasteiger partial charge in [0.15, 0.2) is 5.60 Å². The van der Waals surface area contributed by atoms with Crippen LogP contribution in [0.3, 0.4) is 0 Å². The van der Waals surface area contributed by atoms with E-state index in [1.54, 1.807) is 0 Å². The van der Waals surface area contributed by atoms with Gasteiger partial charge >= 0.3 is 6.18 Å². The smallest absolute Gasteiger partial charge is 0.418 e. The Morgan fingerprint density at radius 3 is 2.54 bits per heavy atom. The molecule has 24 heavy (non-hydrogen) atoms. The summed E-state index contributed by atoms with van der Waals surface area (Å²) >= 11 is 5.91. The SMILES string of the molecule is COc1ccc(Cl)cc1C1(O)C(=O)Nc2c(C(F)(F)F)cccc21. The Hall–Kier alpha value is -2.25. The van der Waals surface area contributed by atoms with E-state index in [2.05, 4.69) is 5.32 Å². The number of anilines is 1. The van der Waals surface area contributed by atoms with Gasteiger partial charge in [0.05, 0.1) is 18.4 Å². The largest absolute Gasteiger partial charge is 0.496 e. The number of benzene rings is 2. The third kappa shape index (κ3) is 2.32. The lowest BCUT2D eigenvalue weighted by atomic mass is 9.86. The molecule has 1 aliphatic rings. The number of ether oxygens (including phenoxy) is 1. The molecule has 0 bridgehead atoms. The number of halogens is 4. The predicted octanol–water partition coefficient (Wildman–Crippen LogP) is 3.56. The van der Waals surface area contributed by atoms with Crippen LogP contribution in [0, 0.1) is 0 Å². The molecule has 2 aromatic carbocycles. The van der Waals surface area contributed by atoms with Crippen molar-refractivity contribution < 1.29 is 27.8 Å². The van der Waals surface area contributed by atoms with Gasteiger partial charge < -0.3 is 15.2 Å². The number of methoxy groups -OCH3 is 1. The standard InChI is InChI=1S/C16H11ClF3NO3/c1-24-12-6-5-8(17)7-11(12)15(23)9-3-2-4-10(16(18,19)20)13(9)21-14(15)22/h2-7,23H,1H3,(H,21,22). The third-order valence-electron chi connectivity index (χ3n) is 3.88. The maximum absolute atomic E-state index is 13.2. The van der Waals surface area contributed by atoms with Gasteiger partial charge in [-0.1, -0.05) is 23.7 Å². The summed E-state index contributed by atoms with van der Waals surface area (Å²) in [5.74, 6) is -0.878. The van der Waals surface area contributed by atoms with E-state index >= 15 is 0 Å². The number of aliphatic hydroxyl groups is 1. The highest BCUT2D eigenvalue weighted by molar-refractivity contribution is 6.30. The van der Waals surface area contributed by atoms with Crippen LogP contribution in [-0.4, -0.2) is 18.1 Å². The quantitative estimate of drug-likeness (QED) is 0.864. The summed E-state index contributed by atoms with van der Waals surface area (Å²) in [5, 5.41) is 13.3. The highest BCUT2D eigenvalue weighted by Crippen LogP contribution is 2.48. The summed E-state index contributed by atoms with van der Waals surface area (Å²) in [4.78, 5) is 12.4. The predicted molar refractivity (Wildman–Crippen MR) is 81.1 cm³/mol. The summed E-state index contributed by atoms with van der Waals surface area (Å²) in [6, 6.07) is 7.41. The fourth-order valence-corrected chi connectivity index (χ4v) is 2.95. The Morgan fingerprint density at radius 2 is 1.92 bits per heavy atom. The summed E-state index contributed by atoms with van der Waals surface area (Å²) in [6.45, 7) is 0. The van der Waals surface area contributed by atoms with Crippen molar-refractivity contribution in [2.24, 2.45) is 0 Å². The fraction of sp³-hybridized carbons (Fsp3) is 0.188. The molecule has 3 rings (SSSR count). The van der Waals surface area contributed by atoms with Crippen LogP contribution in [-0.2, 0) is 16.6 Å². The summed E-state index contributed by atoms with van der Waals surface area (Å²) in [6.07, 6.45) is -4.68. The zero-order chi connectivity index (χ0) is 17.7. The average Bonchev–Trinajstić information content (AvgIpc) is 2.78. The zero-order valence-corrected chi connectivity index (χ0v) is 13.0. The van der Waals surface area contributed by atoms with Crippen molar-refractivity contribution >= 4 is 23.2 Å². The lowest BCUT2D eigenvalue weighted by molar-refractivity contribution is -0.136. The van der Waals surface area contributed by atoms with Crippen molar-refractivity contribution in [2.75, 3.05) is 12.4 Å². The highest BCUT2D eigenvalue weighted by Gasteiger charge is 2.51. The molecule has 8 heteroatoms. The Balaban J connectivity index is 2.29. The van der Waals surface area contributed by atoms with Crippen LogP contribution < -0.4 is 10.1 Å². The second-order valence-corrected chi connectivity index (χ2v) is 5.67. The first kappa shape index (κ1) is 16.6. The Bertz CT molecular complexity index is 838. The molecule has 0 fully saturated rings. The minimum Gasteiger partial charge on any atom is -0.496 e. The van der Waals surface area contributed by atoms with Gasteiger partial charge in [-0.25, -0.2) is 0 Å². The maximum Gasteiger partial charge on any atom is 0.418 e. The minimum absolute atomic E-state index is 0.0342. The second kappa shape index (κ2) is 5.39. The molecule has 0 aromatic heterocycles. The summed E-state index contributed by atoms with van der Waals surface area (Å²) < 4.78 is 44.6. The number of fused-ring (bicyclic) bond motifs is 1. The zero-order valence-electron chi connectivity index (χ0n) is 12.2. The van der Waals surface area contributed by atoms with E-state index in [0.717, 1.165) is 12.1 Å². The topological polar surface area (TPSA) is 58.6 Å². The lowest BCUT2D eigenvalue weighted by Gasteiger charge is -2.24. The Labute approximate surface area is 139 Å². The molecule has 0 aliphatic carbocycles. The van der Waals surface area contributed by atoms with E-state index in [4.69, 9.17) is 16.3 Å². The van der Waals surface area contributed by atoms with Crippen LogP contribution in [0.5, 0.6) is 5.75 Å². The highest BCUT2D eigenvalue weighted by atomic mass is 35.5. The minimum atomic E-state index is -4.68. The molecule has 126 valence electrons. The van der Waals surface area contributed by atoms with Crippen molar-refractivity contribution in [3.8, 4) is 5.75 Å². The molecular weight excluding hydrogens is 347 g/mol. The molecule has 0 spiro atoms. The van der Waals surface area contributed by atoms with Crippen LogP contribution in [0.25, 0.3) is 0 Å². The van der Waals surface area contributed by atoms with E-state index in [1.807, 2.05) is 0 Å². The Morgan fingerprint density at radius 1 is 1.21 bits per heavy atom. The average molecular weight is 358 g/mol. The molecule has 1 aliphatic heterocycles. The van der Waals surface area contributed by atoms with E-state index in [9.17, 15) is 23.1 Å². The number of alkyl halides is 3. The molecule has 0 saturated heterocycles. The Kier molecular flexibility index (Phi) is 3.73. The number of nitrogens with one attached hydrogen (secondary N) is 1. The van der Waals surface area contributed by atoms with Crippen molar-refractivity contribution in [3.63, 3.8) is 0 Å². The van der Waals surface area contributed by atoms with Gasteiger partial charge in [-0.2, -0.15) is 13.2 Å². The molecule has 1 unspecified atom stereocenters. The summed E-state index contributed by atoms with van der Waals surface area (Å²) in [7, 11) is 1.32. The summed E-state index contributed by atoms with van der Waals surface area (Å²) in [5.41, 5.74) is -4.09. The van der Waals surface area contributed by atoms with Crippen LogP contribution >= 0.6 is 11.6 Å². The van der Waals surface area contributed by atoms with Crippen molar-refractivity contribution in [1.82, 2.24) is 0 Å². The van der Waals surface area contributed by atoms with Gasteiger partial charge in [0, 0.05) is 16.1 Å². The number of hydrogen-bond donors (Lipinski definition) is 2. The van der Waals surface area contributed by atoms with E-state index in [-0.39, 0.29) is 21.9 Å². The monoisotopic (exact) mass is 357 g/mol. The second-order valence-electron chi connectivity index (χ2n) is 5.24. The molecule has 2 aromatic rings. The number of hydrogen-bond acceptors (Lipinski definition) is 3. The third-order valence-corrected chi connectivity index (χ3v) is 4.11. The molecule has 2 N–H and O–H groups in total. The normalized spacial score (nSPS) is 19.8. The molecule has 0 radical (unpaired) electrons. The fourth-order valence-electron chi connectivity index (χ4n) is 2.78. The van der Waals surface area contributed by atoms with E-state index < -0.39 is 28.9 Å². The number of rotatable bonds is 2. The number of carbonyl (C=O) groups is 1. The van der Waals surface area contributed by atoms with Crippen LogP contribution in [0.1, 0.15) is 16.7 Å². The van der Waals surface area contributed by atoms with Gasteiger partial charge in [-0.15, -0.1) is 0 Å². The van der Waals surface area contributed by atoms with Gasteiger partial charge in [-0.3, -0.25) is 4.79 Å². The molecule has 1 amide bonds. The maximum atomic E-state index is 13.2. The van der Waals surface area contributed by atoms with Crippen LogP contribution in [0.2, 0.25) is 5.02 Å².